The Morgan fingerprint density at radius 3 is 2.55 bits per heavy atom. The summed E-state index contributed by atoms with van der Waals surface area (Å²) in [5.41, 5.74) is 0.996. The monoisotopic (exact) mass is 631 g/mol. The van der Waals surface area contributed by atoms with Crippen molar-refractivity contribution in [3.05, 3.63) is 35.9 Å². The van der Waals surface area contributed by atoms with E-state index in [-0.39, 0.29) is 36.3 Å². The minimum Gasteiger partial charge on any atom is -0.480 e. The molecule has 13 heteroatoms. The molecule has 3 aliphatic heterocycles. The lowest BCUT2D eigenvalue weighted by Crippen LogP contribution is -2.54. The number of urea groups is 1. The second-order valence-electron chi connectivity index (χ2n) is 11.9. The topological polar surface area (TPSA) is 177 Å². The van der Waals surface area contributed by atoms with Crippen LogP contribution in [0.25, 0.3) is 0 Å². The molecule has 0 aliphatic carbocycles. The lowest BCUT2D eigenvalue weighted by Gasteiger charge is -2.29. The number of fused-ring (bicyclic) bond motifs is 1. The number of aryl methyl sites for hydroxylation is 1. The number of rotatable bonds is 18. The van der Waals surface area contributed by atoms with Gasteiger partial charge in [-0.05, 0) is 63.4 Å². The summed E-state index contributed by atoms with van der Waals surface area (Å²) in [4.78, 5) is 62.6. The Bertz CT molecular complexity index is 1160. The zero-order valence-corrected chi connectivity index (χ0v) is 25.9. The molecule has 0 bridgehead atoms. The van der Waals surface area contributed by atoms with Gasteiger partial charge in [0.05, 0.1) is 18.1 Å². The Hall–Kier alpha value is -3.32. The molecule has 1 aromatic carbocycles. The van der Waals surface area contributed by atoms with Crippen LogP contribution < -0.4 is 21.3 Å². The minimum atomic E-state index is -1.06. The summed E-state index contributed by atoms with van der Waals surface area (Å²) in [6.45, 7) is 0.773. The number of carbonyl (C=O) groups is 5. The molecule has 6 N–H and O–H groups in total. The Balaban J connectivity index is 1.20. The largest absolute Gasteiger partial charge is 0.480 e. The van der Waals surface area contributed by atoms with Crippen molar-refractivity contribution < 1.29 is 34.2 Å². The van der Waals surface area contributed by atoms with Gasteiger partial charge in [0.1, 0.15) is 12.1 Å². The molecule has 6 atom stereocenters. The zero-order valence-electron chi connectivity index (χ0n) is 25.0. The number of hydrogen-bond acceptors (Lipinski definition) is 7. The molecule has 3 aliphatic rings. The summed E-state index contributed by atoms with van der Waals surface area (Å²) in [6.07, 6.45) is 6.32. The van der Waals surface area contributed by atoms with E-state index in [0.29, 0.717) is 63.3 Å². The number of carbonyl (C=O) groups excluding carboxylic acids is 3. The van der Waals surface area contributed by atoms with E-state index >= 15 is 0 Å². The first-order chi connectivity index (χ1) is 21.2. The average molecular weight is 632 g/mol. The highest BCUT2D eigenvalue weighted by molar-refractivity contribution is 8.00. The summed E-state index contributed by atoms with van der Waals surface area (Å²) in [7, 11) is 0. The molecular weight excluding hydrogens is 586 g/mol. The maximum Gasteiger partial charge on any atom is 0.326 e. The van der Waals surface area contributed by atoms with Crippen LogP contribution in [0.2, 0.25) is 0 Å². The van der Waals surface area contributed by atoms with Crippen molar-refractivity contribution >= 4 is 41.5 Å². The number of benzene rings is 1. The second-order valence-corrected chi connectivity index (χ2v) is 13.1. The highest BCUT2D eigenvalue weighted by Crippen LogP contribution is 2.33. The SMILES string of the molecule is O=C(CCCC[C@@H]1SCC2NC(=O)NC21)NCCCCC(NC(CCc1ccccc1)C(=O)O)C(=O)N1CCCC1C(=O)O. The second kappa shape index (κ2) is 16.7. The molecule has 0 aromatic heterocycles. The quantitative estimate of drug-likeness (QED) is 0.105. The number of aliphatic carboxylic acids is 2. The van der Waals surface area contributed by atoms with Crippen molar-refractivity contribution in [1.82, 2.24) is 26.2 Å². The number of likely N-dealkylation sites (tertiary alicyclic amines) is 1. The van der Waals surface area contributed by atoms with Crippen molar-refractivity contribution in [2.24, 2.45) is 0 Å². The predicted molar refractivity (Wildman–Crippen MR) is 166 cm³/mol. The molecule has 0 radical (unpaired) electrons. The van der Waals surface area contributed by atoms with Gasteiger partial charge in [0.25, 0.3) is 0 Å². The van der Waals surface area contributed by atoms with Crippen LogP contribution in [0, 0.1) is 0 Å². The Labute approximate surface area is 262 Å². The van der Waals surface area contributed by atoms with E-state index in [1.807, 2.05) is 42.1 Å². The molecule has 0 spiro atoms. The predicted octanol–water partition coefficient (Wildman–Crippen LogP) is 2.12. The van der Waals surface area contributed by atoms with Crippen LogP contribution >= 0.6 is 11.8 Å². The third-order valence-electron chi connectivity index (χ3n) is 8.71. The first-order valence-electron chi connectivity index (χ1n) is 15.7. The molecule has 3 heterocycles. The summed E-state index contributed by atoms with van der Waals surface area (Å²) in [5, 5.41) is 31.8. The van der Waals surface area contributed by atoms with E-state index in [9.17, 15) is 34.2 Å². The summed E-state index contributed by atoms with van der Waals surface area (Å²) in [5.74, 6) is -1.61. The van der Waals surface area contributed by atoms with Crippen LogP contribution in [-0.2, 0) is 25.6 Å². The molecule has 12 nitrogen and oxygen atoms in total. The van der Waals surface area contributed by atoms with Gasteiger partial charge in [-0.2, -0.15) is 11.8 Å². The molecule has 44 heavy (non-hydrogen) atoms. The van der Waals surface area contributed by atoms with Crippen molar-refractivity contribution in [3.8, 4) is 0 Å². The third kappa shape index (κ3) is 9.59. The smallest absolute Gasteiger partial charge is 0.326 e. The fourth-order valence-corrected chi connectivity index (χ4v) is 7.85. The minimum absolute atomic E-state index is 0.0308. The number of nitrogens with zero attached hydrogens (tertiary/aromatic N) is 1. The molecule has 5 unspecified atom stereocenters. The van der Waals surface area contributed by atoms with E-state index < -0.39 is 30.1 Å². The number of nitrogens with one attached hydrogen (secondary N) is 4. The molecular formula is C31H45N5O7S. The van der Waals surface area contributed by atoms with Crippen molar-refractivity contribution in [3.63, 3.8) is 0 Å². The lowest BCUT2D eigenvalue weighted by atomic mass is 10.0. The Kier molecular flexibility index (Phi) is 12.7. The number of hydrogen-bond donors (Lipinski definition) is 6. The standard InChI is InChI=1S/C31H45N5O7S/c37-26(14-5-4-13-25-27-23(19-44-25)34-31(43)35-27)32-17-7-6-11-21(28(38)36-18-8-12-24(36)30(41)42)33-22(29(39)40)16-15-20-9-2-1-3-10-20/h1-3,9-10,21-25,27,33H,4-8,11-19H2,(H,32,37)(H,39,40)(H,41,42)(H2,34,35,43)/t21?,22?,23?,24?,25-,27?/m0/s1. The van der Waals surface area contributed by atoms with Crippen LogP contribution in [-0.4, -0.2) is 99.2 Å². The number of unbranched alkanes of at least 4 members (excludes halogenated alkanes) is 2. The highest BCUT2D eigenvalue weighted by atomic mass is 32.2. The van der Waals surface area contributed by atoms with Gasteiger partial charge < -0.3 is 31.1 Å². The number of carboxylic acid groups (broad SMARTS) is 2. The fourth-order valence-electron chi connectivity index (χ4n) is 6.31. The van der Waals surface area contributed by atoms with E-state index in [2.05, 4.69) is 21.3 Å². The van der Waals surface area contributed by atoms with E-state index in [4.69, 9.17) is 0 Å². The van der Waals surface area contributed by atoms with Crippen LogP contribution in [0.4, 0.5) is 4.79 Å². The fraction of sp³-hybridized carbons (Fsp3) is 0.645. The normalized spacial score (nSPS) is 23.8. The molecule has 1 aromatic rings. The van der Waals surface area contributed by atoms with Gasteiger partial charge in [-0.15, -0.1) is 0 Å². The average Bonchev–Trinajstić information content (AvgIpc) is 3.73. The first kappa shape index (κ1) is 33.6. The van der Waals surface area contributed by atoms with E-state index in [0.717, 1.165) is 30.6 Å². The number of carboxylic acids is 2. The van der Waals surface area contributed by atoms with E-state index in [1.54, 1.807) is 0 Å². The molecule has 242 valence electrons. The van der Waals surface area contributed by atoms with Crippen LogP contribution in [0.15, 0.2) is 30.3 Å². The van der Waals surface area contributed by atoms with Gasteiger partial charge in [-0.25, -0.2) is 9.59 Å². The summed E-state index contributed by atoms with van der Waals surface area (Å²) in [6, 6.07) is 7.09. The van der Waals surface area contributed by atoms with Crippen molar-refractivity contribution in [2.45, 2.75) is 106 Å². The van der Waals surface area contributed by atoms with Crippen LogP contribution in [0.1, 0.15) is 69.8 Å². The highest BCUT2D eigenvalue weighted by Gasteiger charge is 2.42. The van der Waals surface area contributed by atoms with Crippen LogP contribution in [0.3, 0.4) is 0 Å². The number of amides is 4. The molecule has 0 saturated carbocycles. The molecule has 4 amide bonds. The summed E-state index contributed by atoms with van der Waals surface area (Å²) >= 11 is 1.86. The third-order valence-corrected chi connectivity index (χ3v) is 10.2. The van der Waals surface area contributed by atoms with Gasteiger partial charge in [0.15, 0.2) is 0 Å². The molecule has 3 saturated heterocycles. The van der Waals surface area contributed by atoms with Gasteiger partial charge in [-0.1, -0.05) is 36.8 Å². The van der Waals surface area contributed by atoms with Gasteiger partial charge >= 0.3 is 18.0 Å². The van der Waals surface area contributed by atoms with Crippen molar-refractivity contribution in [2.75, 3.05) is 18.8 Å². The Morgan fingerprint density at radius 1 is 1.00 bits per heavy atom. The van der Waals surface area contributed by atoms with Gasteiger partial charge in [0.2, 0.25) is 11.8 Å². The van der Waals surface area contributed by atoms with Gasteiger partial charge in [0, 0.05) is 30.5 Å². The maximum absolute atomic E-state index is 13.5. The molecule has 4 rings (SSSR count). The molecule has 3 fully saturated rings. The van der Waals surface area contributed by atoms with Crippen molar-refractivity contribution in [1.29, 1.82) is 0 Å². The van der Waals surface area contributed by atoms with Gasteiger partial charge in [-0.3, -0.25) is 19.7 Å². The first-order valence-corrected chi connectivity index (χ1v) is 16.8. The summed E-state index contributed by atoms with van der Waals surface area (Å²) < 4.78 is 0. The maximum atomic E-state index is 13.5. The lowest BCUT2D eigenvalue weighted by molar-refractivity contribution is -0.149. The zero-order chi connectivity index (χ0) is 31.5. The van der Waals surface area contributed by atoms with Crippen LogP contribution in [0.5, 0.6) is 0 Å². The Morgan fingerprint density at radius 2 is 1.80 bits per heavy atom. The van der Waals surface area contributed by atoms with E-state index in [1.165, 1.54) is 4.90 Å². The number of thioether (sulfide) groups is 1.